The summed E-state index contributed by atoms with van der Waals surface area (Å²) < 4.78 is 17.9. The van der Waals surface area contributed by atoms with Gasteiger partial charge in [-0.05, 0) is 29.8 Å². The number of rotatable bonds is 4. The molecule has 0 amide bonds. The Morgan fingerprint density at radius 3 is 2.67 bits per heavy atom. The zero-order valence-electron chi connectivity index (χ0n) is 16.4. The first-order valence-electron chi connectivity index (χ1n) is 9.70. The fourth-order valence-electron chi connectivity index (χ4n) is 3.99. The molecule has 2 aliphatic rings. The predicted octanol–water partition coefficient (Wildman–Crippen LogP) is 2.96. The molecule has 0 N–H and O–H groups in total. The van der Waals surface area contributed by atoms with Crippen LogP contribution in [0.3, 0.4) is 0 Å². The molecule has 1 aromatic carbocycles. The topological polar surface area (TPSA) is 92.0 Å². The van der Waals surface area contributed by atoms with Gasteiger partial charge >= 0.3 is 0 Å². The Morgan fingerprint density at radius 1 is 1.20 bits per heavy atom. The average Bonchev–Trinajstić information content (AvgIpc) is 3.14. The number of pyridine rings is 1. The summed E-state index contributed by atoms with van der Waals surface area (Å²) in [5, 5.41) is 9.10. The van der Waals surface area contributed by atoms with Crippen LogP contribution >= 0.6 is 0 Å². The molecule has 4 heterocycles. The minimum Gasteiger partial charge on any atom is -0.379 e. The van der Waals surface area contributed by atoms with Gasteiger partial charge in [0.25, 0.3) is 0 Å². The molecule has 0 saturated carbocycles. The molecular weight excluding hydrogens is 398 g/mol. The first kappa shape index (κ1) is 18.9. The predicted molar refractivity (Wildman–Crippen MR) is 113 cm³/mol. The maximum atomic E-state index is 12.4. The lowest BCUT2D eigenvalue weighted by Crippen LogP contribution is -2.49. The average molecular weight is 417 g/mol. The van der Waals surface area contributed by atoms with Gasteiger partial charge in [-0.2, -0.15) is 5.26 Å². The second-order valence-electron chi connectivity index (χ2n) is 7.49. The smallest absolute Gasteiger partial charge is 0.229 e. The van der Waals surface area contributed by atoms with E-state index in [0.29, 0.717) is 36.2 Å². The fraction of sp³-hybridized carbons (Fsp3) is 0.273. The standard InChI is InChI=1S/C22H19N5O2S/c1-2-30(28)17-3-4-18-20(8-17)27(12-22(18)13-29-14-22)21-25-10-16(11-26-21)19-7-15(9-23)5-6-24-19/h3-8,10-11H,2,12-14H2,1H3/t30-/m0/s1. The summed E-state index contributed by atoms with van der Waals surface area (Å²) >= 11 is 0. The monoisotopic (exact) mass is 417 g/mol. The normalized spacial score (nSPS) is 17.3. The molecule has 1 atom stereocenters. The lowest BCUT2D eigenvalue weighted by atomic mass is 9.81. The van der Waals surface area contributed by atoms with E-state index in [1.807, 2.05) is 19.1 Å². The summed E-state index contributed by atoms with van der Waals surface area (Å²) in [4.78, 5) is 16.4. The Morgan fingerprint density at radius 2 is 2.00 bits per heavy atom. The van der Waals surface area contributed by atoms with Crippen molar-refractivity contribution in [2.24, 2.45) is 0 Å². The minimum absolute atomic E-state index is 0.0632. The molecule has 30 heavy (non-hydrogen) atoms. The first-order valence-corrected chi connectivity index (χ1v) is 11.0. The van der Waals surface area contributed by atoms with E-state index < -0.39 is 10.8 Å². The Labute approximate surface area is 176 Å². The quantitative estimate of drug-likeness (QED) is 0.644. The van der Waals surface area contributed by atoms with Crippen LogP contribution in [0.2, 0.25) is 0 Å². The number of anilines is 2. The molecule has 0 radical (unpaired) electrons. The molecule has 2 aromatic heterocycles. The van der Waals surface area contributed by atoms with Gasteiger partial charge in [-0.1, -0.05) is 13.0 Å². The van der Waals surface area contributed by atoms with Crippen molar-refractivity contribution in [1.29, 1.82) is 5.26 Å². The van der Waals surface area contributed by atoms with E-state index in [2.05, 4.69) is 32.0 Å². The van der Waals surface area contributed by atoms with Crippen molar-refractivity contribution >= 4 is 22.4 Å². The van der Waals surface area contributed by atoms with Crippen LogP contribution in [0.1, 0.15) is 18.1 Å². The van der Waals surface area contributed by atoms with Gasteiger partial charge < -0.3 is 9.64 Å². The van der Waals surface area contributed by atoms with E-state index in [1.54, 1.807) is 30.7 Å². The van der Waals surface area contributed by atoms with Crippen molar-refractivity contribution in [3.05, 3.63) is 60.0 Å². The molecule has 0 aliphatic carbocycles. The molecule has 3 aromatic rings. The molecule has 5 rings (SSSR count). The van der Waals surface area contributed by atoms with Gasteiger partial charge in [0.15, 0.2) is 0 Å². The van der Waals surface area contributed by atoms with E-state index in [4.69, 9.17) is 10.00 Å². The third-order valence-corrected chi connectivity index (χ3v) is 6.94. The number of nitriles is 1. The van der Waals surface area contributed by atoms with Crippen molar-refractivity contribution < 1.29 is 8.95 Å². The van der Waals surface area contributed by atoms with E-state index in [-0.39, 0.29) is 5.41 Å². The Hall–Kier alpha value is -3.15. The number of hydrogen-bond donors (Lipinski definition) is 0. The van der Waals surface area contributed by atoms with Crippen LogP contribution < -0.4 is 4.90 Å². The SMILES string of the molecule is CC[S@](=O)c1ccc2c(c1)N(c1ncc(-c3cc(C#N)ccn3)cn1)CC21COC1. The maximum absolute atomic E-state index is 12.4. The summed E-state index contributed by atoms with van der Waals surface area (Å²) in [6.07, 6.45) is 5.05. The van der Waals surface area contributed by atoms with Gasteiger partial charge in [0, 0.05) is 47.0 Å². The molecule has 1 spiro atoms. The van der Waals surface area contributed by atoms with Crippen molar-refractivity contribution in [2.75, 3.05) is 30.4 Å². The summed E-state index contributed by atoms with van der Waals surface area (Å²) in [5.74, 6) is 1.16. The molecule has 0 unspecified atom stereocenters. The zero-order chi connectivity index (χ0) is 20.7. The van der Waals surface area contributed by atoms with Crippen molar-refractivity contribution in [3.63, 3.8) is 0 Å². The van der Waals surface area contributed by atoms with E-state index in [0.717, 1.165) is 22.7 Å². The highest BCUT2D eigenvalue weighted by molar-refractivity contribution is 7.85. The molecule has 150 valence electrons. The van der Waals surface area contributed by atoms with Crippen LogP contribution in [0, 0.1) is 11.3 Å². The maximum Gasteiger partial charge on any atom is 0.229 e. The van der Waals surface area contributed by atoms with Crippen LogP contribution in [0.25, 0.3) is 11.3 Å². The van der Waals surface area contributed by atoms with Gasteiger partial charge in [0.2, 0.25) is 5.95 Å². The lowest BCUT2D eigenvalue weighted by molar-refractivity contribution is -0.0507. The van der Waals surface area contributed by atoms with Crippen LogP contribution in [0.15, 0.2) is 53.8 Å². The van der Waals surface area contributed by atoms with Crippen molar-refractivity contribution in [1.82, 2.24) is 15.0 Å². The molecule has 0 bridgehead atoms. The first-order chi connectivity index (χ1) is 14.6. The van der Waals surface area contributed by atoms with E-state index in [1.165, 1.54) is 5.56 Å². The van der Waals surface area contributed by atoms with Gasteiger partial charge in [-0.3, -0.25) is 9.19 Å². The largest absolute Gasteiger partial charge is 0.379 e. The van der Waals surface area contributed by atoms with Crippen LogP contribution in [-0.4, -0.2) is 44.7 Å². The van der Waals surface area contributed by atoms with Gasteiger partial charge in [0.05, 0.1) is 46.8 Å². The van der Waals surface area contributed by atoms with Crippen LogP contribution in [-0.2, 0) is 21.0 Å². The van der Waals surface area contributed by atoms with Crippen molar-refractivity contribution in [2.45, 2.75) is 17.2 Å². The van der Waals surface area contributed by atoms with Crippen molar-refractivity contribution in [3.8, 4) is 17.3 Å². The number of aromatic nitrogens is 3. The van der Waals surface area contributed by atoms with Gasteiger partial charge in [0.1, 0.15) is 0 Å². The Balaban J connectivity index is 1.52. The number of ether oxygens (including phenoxy) is 1. The van der Waals surface area contributed by atoms with E-state index in [9.17, 15) is 4.21 Å². The summed E-state index contributed by atoms with van der Waals surface area (Å²) in [7, 11) is -1.03. The number of benzene rings is 1. The Bertz CT molecular complexity index is 1180. The van der Waals surface area contributed by atoms with Crippen LogP contribution in [0.4, 0.5) is 11.6 Å². The molecule has 2 aliphatic heterocycles. The third-order valence-electron chi connectivity index (χ3n) is 5.64. The number of hydrogen-bond acceptors (Lipinski definition) is 7. The lowest BCUT2D eigenvalue weighted by Gasteiger charge is -2.38. The van der Waals surface area contributed by atoms with Gasteiger partial charge in [-0.25, -0.2) is 9.97 Å². The molecule has 1 fully saturated rings. The highest BCUT2D eigenvalue weighted by Gasteiger charge is 2.49. The second-order valence-corrected chi connectivity index (χ2v) is 9.23. The highest BCUT2D eigenvalue weighted by atomic mass is 32.2. The third kappa shape index (κ3) is 2.98. The molecule has 1 saturated heterocycles. The summed E-state index contributed by atoms with van der Waals surface area (Å²) in [6, 6.07) is 11.5. The number of nitrogens with zero attached hydrogens (tertiary/aromatic N) is 5. The van der Waals surface area contributed by atoms with Gasteiger partial charge in [-0.15, -0.1) is 0 Å². The molecule has 7 nitrogen and oxygen atoms in total. The number of fused-ring (bicyclic) bond motifs is 2. The zero-order valence-corrected chi connectivity index (χ0v) is 17.2. The minimum atomic E-state index is -1.03. The molecular formula is C22H19N5O2S. The van der Waals surface area contributed by atoms with Crippen LogP contribution in [0.5, 0.6) is 0 Å². The van der Waals surface area contributed by atoms with E-state index >= 15 is 0 Å². The highest BCUT2D eigenvalue weighted by Crippen LogP contribution is 2.48. The molecule has 8 heteroatoms. The Kier molecular flexibility index (Phi) is 4.57. The fourth-order valence-corrected chi connectivity index (χ4v) is 4.79. The summed E-state index contributed by atoms with van der Waals surface area (Å²) in [5.41, 5.74) is 4.08. The summed E-state index contributed by atoms with van der Waals surface area (Å²) in [6.45, 7) is 3.97. The second kappa shape index (κ2) is 7.27.